The fourth-order valence-corrected chi connectivity index (χ4v) is 3.01. The smallest absolute Gasteiger partial charge is 0.120 e. The Bertz CT molecular complexity index is 371. The molecule has 1 N–H and O–H groups in total. The number of benzene rings is 1. The second-order valence-corrected chi connectivity index (χ2v) is 5.68. The molecular formula is C16H25NO. The van der Waals surface area contributed by atoms with Gasteiger partial charge in [0.2, 0.25) is 0 Å². The van der Waals surface area contributed by atoms with E-state index in [2.05, 4.69) is 18.9 Å². The summed E-state index contributed by atoms with van der Waals surface area (Å²) in [6.45, 7) is 3.33. The first kappa shape index (κ1) is 13.4. The minimum atomic E-state index is 0.285. The number of hydrogen-bond acceptors (Lipinski definition) is 2. The quantitative estimate of drug-likeness (QED) is 0.870. The van der Waals surface area contributed by atoms with E-state index in [0.717, 1.165) is 18.0 Å². The van der Waals surface area contributed by atoms with Gasteiger partial charge >= 0.3 is 0 Å². The van der Waals surface area contributed by atoms with Gasteiger partial charge in [0.1, 0.15) is 5.75 Å². The minimum absolute atomic E-state index is 0.285. The Labute approximate surface area is 111 Å². The van der Waals surface area contributed by atoms with Crippen LogP contribution in [-0.4, -0.2) is 23.6 Å². The first-order valence-corrected chi connectivity index (χ1v) is 7.16. The molecule has 1 aromatic carbocycles. The number of para-hydroxylation sites is 1. The fraction of sp³-hybridized carbons (Fsp3) is 0.625. The van der Waals surface area contributed by atoms with Crippen molar-refractivity contribution in [1.29, 1.82) is 0 Å². The van der Waals surface area contributed by atoms with Gasteiger partial charge in [0, 0.05) is 18.2 Å². The highest BCUT2D eigenvalue weighted by atomic mass is 16.3. The summed E-state index contributed by atoms with van der Waals surface area (Å²) in [6, 6.07) is 7.97. The second kappa shape index (κ2) is 6.24. The van der Waals surface area contributed by atoms with Crippen molar-refractivity contribution in [1.82, 2.24) is 4.90 Å². The summed E-state index contributed by atoms with van der Waals surface area (Å²) < 4.78 is 0. The van der Waals surface area contributed by atoms with Crippen LogP contribution in [0.1, 0.15) is 50.6 Å². The Balaban J connectivity index is 1.95. The zero-order valence-corrected chi connectivity index (χ0v) is 11.6. The Hall–Kier alpha value is -1.02. The number of hydrogen-bond donors (Lipinski definition) is 1. The summed E-state index contributed by atoms with van der Waals surface area (Å²) in [7, 11) is 2.17. The average molecular weight is 247 g/mol. The zero-order valence-electron chi connectivity index (χ0n) is 11.6. The first-order chi connectivity index (χ1) is 8.68. The van der Waals surface area contributed by atoms with E-state index in [4.69, 9.17) is 0 Å². The molecule has 0 bridgehead atoms. The molecule has 1 saturated carbocycles. The summed E-state index contributed by atoms with van der Waals surface area (Å²) in [4.78, 5) is 2.38. The topological polar surface area (TPSA) is 23.5 Å². The monoisotopic (exact) mass is 247 g/mol. The van der Waals surface area contributed by atoms with Gasteiger partial charge in [-0.05, 0) is 38.8 Å². The third-order valence-electron chi connectivity index (χ3n) is 4.32. The molecule has 1 aromatic rings. The van der Waals surface area contributed by atoms with E-state index < -0.39 is 0 Å². The van der Waals surface area contributed by atoms with Crippen molar-refractivity contribution in [3.63, 3.8) is 0 Å². The Morgan fingerprint density at radius 2 is 1.89 bits per heavy atom. The van der Waals surface area contributed by atoms with E-state index in [0.29, 0.717) is 5.75 Å². The number of phenolic OH excluding ortho intramolecular Hbond substituents is 1. The van der Waals surface area contributed by atoms with Crippen LogP contribution in [-0.2, 0) is 0 Å². The molecule has 0 saturated heterocycles. The third kappa shape index (κ3) is 3.26. The molecule has 0 amide bonds. The lowest BCUT2D eigenvalue weighted by atomic mass is 9.88. The maximum Gasteiger partial charge on any atom is 0.120 e. The molecule has 2 nitrogen and oxygen atoms in total. The Morgan fingerprint density at radius 3 is 2.56 bits per heavy atom. The Morgan fingerprint density at radius 1 is 1.22 bits per heavy atom. The molecule has 0 spiro atoms. The lowest BCUT2D eigenvalue weighted by molar-refractivity contribution is 0.190. The van der Waals surface area contributed by atoms with Gasteiger partial charge in [0.05, 0.1) is 0 Å². The SMILES string of the molecule is CC(c1ccccc1O)N(C)CC1CCCCC1. The molecule has 1 fully saturated rings. The van der Waals surface area contributed by atoms with Crippen molar-refractivity contribution in [3.05, 3.63) is 29.8 Å². The van der Waals surface area contributed by atoms with Crippen LogP contribution in [0.4, 0.5) is 0 Å². The van der Waals surface area contributed by atoms with Gasteiger partial charge in [-0.25, -0.2) is 0 Å². The number of phenols is 1. The first-order valence-electron chi connectivity index (χ1n) is 7.16. The summed E-state index contributed by atoms with van der Waals surface area (Å²) in [5.74, 6) is 1.26. The molecule has 0 aromatic heterocycles. The summed E-state index contributed by atoms with van der Waals surface area (Å²) in [6.07, 6.45) is 6.94. The summed E-state index contributed by atoms with van der Waals surface area (Å²) in [5, 5.41) is 9.91. The minimum Gasteiger partial charge on any atom is -0.508 e. The van der Waals surface area contributed by atoms with Crippen molar-refractivity contribution >= 4 is 0 Å². The van der Waals surface area contributed by atoms with Crippen molar-refractivity contribution in [2.24, 2.45) is 5.92 Å². The molecule has 1 aliphatic carbocycles. The van der Waals surface area contributed by atoms with Crippen molar-refractivity contribution in [2.45, 2.75) is 45.1 Å². The predicted molar refractivity (Wildman–Crippen MR) is 75.7 cm³/mol. The largest absolute Gasteiger partial charge is 0.508 e. The molecule has 1 atom stereocenters. The predicted octanol–water partition coefficient (Wildman–Crippen LogP) is 3.97. The zero-order chi connectivity index (χ0) is 13.0. The van der Waals surface area contributed by atoms with Gasteiger partial charge in [0.25, 0.3) is 0 Å². The van der Waals surface area contributed by atoms with Gasteiger partial charge in [-0.3, -0.25) is 4.90 Å². The van der Waals surface area contributed by atoms with Gasteiger partial charge in [-0.1, -0.05) is 37.5 Å². The molecule has 1 aliphatic rings. The van der Waals surface area contributed by atoms with Crippen LogP contribution in [0.15, 0.2) is 24.3 Å². The van der Waals surface area contributed by atoms with E-state index in [1.165, 1.54) is 32.1 Å². The molecule has 18 heavy (non-hydrogen) atoms. The highest BCUT2D eigenvalue weighted by molar-refractivity contribution is 5.34. The van der Waals surface area contributed by atoms with E-state index in [1.807, 2.05) is 18.2 Å². The second-order valence-electron chi connectivity index (χ2n) is 5.68. The lowest BCUT2D eigenvalue weighted by Gasteiger charge is -2.31. The van der Waals surface area contributed by atoms with Gasteiger partial charge < -0.3 is 5.11 Å². The summed E-state index contributed by atoms with van der Waals surface area (Å²) in [5.41, 5.74) is 1.04. The van der Waals surface area contributed by atoms with E-state index in [-0.39, 0.29) is 6.04 Å². The number of nitrogens with zero attached hydrogens (tertiary/aromatic N) is 1. The molecular weight excluding hydrogens is 222 g/mol. The van der Waals surface area contributed by atoms with Crippen molar-refractivity contribution in [2.75, 3.05) is 13.6 Å². The molecule has 0 heterocycles. The number of aromatic hydroxyl groups is 1. The van der Waals surface area contributed by atoms with Crippen molar-refractivity contribution < 1.29 is 5.11 Å². The molecule has 0 aliphatic heterocycles. The molecule has 100 valence electrons. The highest BCUT2D eigenvalue weighted by Crippen LogP contribution is 2.30. The highest BCUT2D eigenvalue weighted by Gasteiger charge is 2.20. The van der Waals surface area contributed by atoms with Crippen LogP contribution in [0.3, 0.4) is 0 Å². The van der Waals surface area contributed by atoms with Crippen molar-refractivity contribution in [3.8, 4) is 5.75 Å². The van der Waals surface area contributed by atoms with E-state index in [1.54, 1.807) is 6.07 Å². The lowest BCUT2D eigenvalue weighted by Crippen LogP contribution is -2.29. The number of rotatable bonds is 4. The fourth-order valence-electron chi connectivity index (χ4n) is 3.01. The molecule has 1 unspecified atom stereocenters. The van der Waals surface area contributed by atoms with Gasteiger partial charge in [-0.2, -0.15) is 0 Å². The molecule has 2 heteroatoms. The summed E-state index contributed by atoms with van der Waals surface area (Å²) >= 11 is 0. The van der Waals surface area contributed by atoms with Crippen LogP contribution in [0.25, 0.3) is 0 Å². The standard InChI is InChI=1S/C16H25NO/c1-13(15-10-6-7-11-16(15)18)17(2)12-14-8-4-3-5-9-14/h6-7,10-11,13-14,18H,3-5,8-9,12H2,1-2H3. The van der Waals surface area contributed by atoms with Crippen LogP contribution in [0.2, 0.25) is 0 Å². The normalized spacial score (nSPS) is 19.1. The van der Waals surface area contributed by atoms with E-state index in [9.17, 15) is 5.11 Å². The van der Waals surface area contributed by atoms with Gasteiger partial charge in [-0.15, -0.1) is 0 Å². The van der Waals surface area contributed by atoms with Crippen LogP contribution in [0, 0.1) is 5.92 Å². The third-order valence-corrected chi connectivity index (χ3v) is 4.32. The maximum atomic E-state index is 9.91. The van der Waals surface area contributed by atoms with Crippen LogP contribution in [0.5, 0.6) is 5.75 Å². The molecule has 0 radical (unpaired) electrons. The van der Waals surface area contributed by atoms with Gasteiger partial charge in [0.15, 0.2) is 0 Å². The average Bonchev–Trinajstić information content (AvgIpc) is 2.39. The van der Waals surface area contributed by atoms with Crippen LogP contribution >= 0.6 is 0 Å². The van der Waals surface area contributed by atoms with Crippen LogP contribution < -0.4 is 0 Å². The Kier molecular flexibility index (Phi) is 4.65. The maximum absolute atomic E-state index is 9.91. The van der Waals surface area contributed by atoms with E-state index >= 15 is 0 Å². The molecule has 2 rings (SSSR count).